The molecule has 0 saturated heterocycles. The van der Waals surface area contributed by atoms with Crippen molar-refractivity contribution in [2.24, 2.45) is 0 Å². The first kappa shape index (κ1) is 23.9. The molecule has 1 aromatic carbocycles. The zero-order valence-corrected chi connectivity index (χ0v) is 17.8. The Hall–Kier alpha value is -3.42. The van der Waals surface area contributed by atoms with Gasteiger partial charge < -0.3 is 19.7 Å². The lowest BCUT2D eigenvalue weighted by Crippen LogP contribution is -2.29. The molecule has 31 heavy (non-hydrogen) atoms. The molecule has 166 valence electrons. The van der Waals surface area contributed by atoms with E-state index in [0.717, 1.165) is 23.8 Å². The molecule has 1 aromatic rings. The summed E-state index contributed by atoms with van der Waals surface area (Å²) in [5.41, 5.74) is 0.288. The Morgan fingerprint density at radius 1 is 1.03 bits per heavy atom. The predicted octanol–water partition coefficient (Wildman–Crippen LogP) is 3.40. The van der Waals surface area contributed by atoms with Crippen LogP contribution in [0.2, 0.25) is 0 Å². The Bertz CT molecular complexity index is 951. The van der Waals surface area contributed by atoms with Crippen molar-refractivity contribution < 1.29 is 38.9 Å². The topological polar surface area (TPSA) is 127 Å². The van der Waals surface area contributed by atoms with Crippen molar-refractivity contribution in [1.82, 2.24) is 0 Å². The molecule has 0 amide bonds. The lowest BCUT2D eigenvalue weighted by atomic mass is 9.85. The van der Waals surface area contributed by atoms with Gasteiger partial charge in [-0.3, -0.25) is 19.2 Å². The van der Waals surface area contributed by atoms with E-state index in [1.807, 2.05) is 13.8 Å². The summed E-state index contributed by atoms with van der Waals surface area (Å²) in [6.07, 6.45) is 2.91. The van der Waals surface area contributed by atoms with E-state index in [1.54, 1.807) is 6.08 Å². The van der Waals surface area contributed by atoms with Crippen LogP contribution in [0.5, 0.6) is 11.5 Å². The number of esters is 2. The van der Waals surface area contributed by atoms with Gasteiger partial charge in [-0.05, 0) is 44.9 Å². The maximum absolute atomic E-state index is 13.0. The molecule has 1 atom stereocenters. The average Bonchev–Trinajstić information content (AvgIpc) is 2.69. The number of carbonyl (C=O) groups excluding carboxylic acids is 4. The van der Waals surface area contributed by atoms with Gasteiger partial charge in [-0.1, -0.05) is 11.6 Å². The number of ketones is 2. The normalized spacial score (nSPS) is 13.7. The molecule has 8 heteroatoms. The fourth-order valence-electron chi connectivity index (χ4n) is 3.11. The van der Waals surface area contributed by atoms with E-state index >= 15 is 0 Å². The van der Waals surface area contributed by atoms with Crippen molar-refractivity contribution in [2.75, 3.05) is 6.61 Å². The summed E-state index contributed by atoms with van der Waals surface area (Å²) in [7, 11) is 0. The lowest BCUT2D eigenvalue weighted by molar-refractivity contribution is -0.147. The van der Waals surface area contributed by atoms with Gasteiger partial charge in [0.2, 0.25) is 0 Å². The summed E-state index contributed by atoms with van der Waals surface area (Å²) in [6.45, 7) is 5.18. The van der Waals surface area contributed by atoms with Gasteiger partial charge in [0, 0.05) is 25.3 Å². The summed E-state index contributed by atoms with van der Waals surface area (Å²) >= 11 is 0. The zero-order valence-electron chi connectivity index (χ0n) is 17.8. The molecule has 1 aliphatic carbocycles. The predicted molar refractivity (Wildman–Crippen MR) is 111 cm³/mol. The van der Waals surface area contributed by atoms with Crippen molar-refractivity contribution in [3.8, 4) is 11.5 Å². The van der Waals surface area contributed by atoms with E-state index in [-0.39, 0.29) is 36.1 Å². The van der Waals surface area contributed by atoms with Gasteiger partial charge in [0.15, 0.2) is 11.6 Å². The van der Waals surface area contributed by atoms with Crippen LogP contribution >= 0.6 is 0 Å². The number of hydrogen-bond acceptors (Lipinski definition) is 8. The SMILES string of the molecule is CC(=O)OCCCCC(=O)O[C@H](CC=C(C)C)C1=CC(=O)c2c(O)ccc(O)c2C1=O. The third-order valence-corrected chi connectivity index (χ3v) is 4.62. The van der Waals surface area contributed by atoms with Crippen molar-refractivity contribution in [1.29, 1.82) is 0 Å². The number of ether oxygens (including phenoxy) is 2. The monoisotopic (exact) mass is 430 g/mol. The fraction of sp³-hybridized carbons (Fsp3) is 0.391. The van der Waals surface area contributed by atoms with Crippen LogP contribution in [0.1, 0.15) is 67.2 Å². The van der Waals surface area contributed by atoms with Crippen molar-refractivity contribution in [3.05, 3.63) is 46.6 Å². The molecule has 0 bridgehead atoms. The number of phenolic OH excluding ortho intramolecular Hbond substituents is 2. The molecular weight excluding hydrogens is 404 g/mol. The molecule has 0 aliphatic heterocycles. The molecule has 0 fully saturated rings. The van der Waals surface area contributed by atoms with Gasteiger partial charge in [-0.15, -0.1) is 0 Å². The number of carbonyl (C=O) groups is 4. The van der Waals surface area contributed by atoms with E-state index in [4.69, 9.17) is 9.47 Å². The number of hydrogen-bond donors (Lipinski definition) is 2. The van der Waals surface area contributed by atoms with Crippen LogP contribution < -0.4 is 0 Å². The van der Waals surface area contributed by atoms with E-state index in [0.29, 0.717) is 12.8 Å². The molecule has 2 N–H and O–H groups in total. The fourth-order valence-corrected chi connectivity index (χ4v) is 3.11. The van der Waals surface area contributed by atoms with Gasteiger partial charge in [-0.2, -0.15) is 0 Å². The summed E-state index contributed by atoms with van der Waals surface area (Å²) < 4.78 is 10.3. The number of rotatable bonds is 9. The minimum absolute atomic E-state index is 0.0463. The van der Waals surface area contributed by atoms with Crippen molar-refractivity contribution in [3.63, 3.8) is 0 Å². The van der Waals surface area contributed by atoms with Crippen LogP contribution in [0, 0.1) is 0 Å². The highest BCUT2D eigenvalue weighted by Crippen LogP contribution is 2.36. The Balaban J connectivity index is 2.20. The number of Topliss-reactive ketones (excluding diaryl/α,β-unsaturated/α-hetero) is 1. The second-order valence-electron chi connectivity index (χ2n) is 7.44. The number of benzene rings is 1. The van der Waals surface area contributed by atoms with Gasteiger partial charge >= 0.3 is 11.9 Å². The number of phenols is 2. The van der Waals surface area contributed by atoms with Gasteiger partial charge in [0.25, 0.3) is 0 Å². The molecule has 0 heterocycles. The molecule has 0 aromatic heterocycles. The van der Waals surface area contributed by atoms with E-state index in [1.165, 1.54) is 6.92 Å². The molecule has 2 rings (SSSR count). The Morgan fingerprint density at radius 2 is 1.68 bits per heavy atom. The summed E-state index contributed by atoms with van der Waals surface area (Å²) in [4.78, 5) is 48.6. The quantitative estimate of drug-likeness (QED) is 0.264. The number of unbranched alkanes of at least 4 members (excludes halogenated alkanes) is 1. The molecule has 0 spiro atoms. The highest BCUT2D eigenvalue weighted by Gasteiger charge is 2.35. The molecular formula is C23H26O8. The summed E-state index contributed by atoms with van der Waals surface area (Å²) in [5.74, 6) is -3.15. The minimum Gasteiger partial charge on any atom is -0.507 e. The Labute approximate surface area is 180 Å². The molecule has 0 saturated carbocycles. The highest BCUT2D eigenvalue weighted by atomic mass is 16.5. The first-order valence-electron chi connectivity index (χ1n) is 9.93. The van der Waals surface area contributed by atoms with Crippen LogP contribution in [0.25, 0.3) is 0 Å². The van der Waals surface area contributed by atoms with Crippen LogP contribution in [0.4, 0.5) is 0 Å². The maximum atomic E-state index is 13.0. The lowest BCUT2D eigenvalue weighted by Gasteiger charge is -2.23. The largest absolute Gasteiger partial charge is 0.507 e. The molecule has 1 aliphatic rings. The smallest absolute Gasteiger partial charge is 0.306 e. The van der Waals surface area contributed by atoms with Crippen LogP contribution in [-0.2, 0) is 19.1 Å². The van der Waals surface area contributed by atoms with Gasteiger partial charge in [0.1, 0.15) is 17.6 Å². The summed E-state index contributed by atoms with van der Waals surface area (Å²) in [5, 5.41) is 20.1. The van der Waals surface area contributed by atoms with Gasteiger partial charge in [0.05, 0.1) is 17.7 Å². The third kappa shape index (κ3) is 6.28. The molecule has 0 radical (unpaired) electrons. The van der Waals surface area contributed by atoms with Crippen LogP contribution in [0.15, 0.2) is 35.4 Å². The second-order valence-corrected chi connectivity index (χ2v) is 7.44. The van der Waals surface area contributed by atoms with E-state index in [2.05, 4.69) is 0 Å². The average molecular weight is 430 g/mol. The first-order valence-corrected chi connectivity index (χ1v) is 9.93. The summed E-state index contributed by atoms with van der Waals surface area (Å²) in [6, 6.07) is 2.26. The standard InChI is InChI=1S/C23H26O8/c1-13(2)7-10-19(31-20(28)6-4-5-11-30-14(3)24)15-12-18(27)21-16(25)8-9-17(26)22(21)23(15)29/h7-9,12,19,25-26H,4-6,10-11H2,1-3H3/t19-/m1/s1. The second kappa shape index (κ2) is 10.6. The third-order valence-electron chi connectivity index (χ3n) is 4.62. The Kier molecular flexibility index (Phi) is 8.13. The highest BCUT2D eigenvalue weighted by molar-refractivity contribution is 6.27. The van der Waals surface area contributed by atoms with Crippen molar-refractivity contribution >= 4 is 23.5 Å². The molecule has 0 unspecified atom stereocenters. The molecule has 8 nitrogen and oxygen atoms in total. The van der Waals surface area contributed by atoms with Crippen LogP contribution in [-0.4, -0.2) is 46.4 Å². The zero-order chi connectivity index (χ0) is 23.1. The van der Waals surface area contributed by atoms with E-state index < -0.39 is 41.1 Å². The van der Waals surface area contributed by atoms with Crippen LogP contribution in [0.3, 0.4) is 0 Å². The number of aromatic hydroxyl groups is 2. The number of fused-ring (bicyclic) bond motifs is 1. The number of allylic oxidation sites excluding steroid dienone is 2. The first-order chi connectivity index (χ1) is 14.6. The minimum atomic E-state index is -1.03. The van der Waals surface area contributed by atoms with E-state index in [9.17, 15) is 29.4 Å². The Morgan fingerprint density at radius 3 is 2.29 bits per heavy atom. The maximum Gasteiger partial charge on any atom is 0.306 e. The van der Waals surface area contributed by atoms with Crippen molar-refractivity contribution in [2.45, 2.75) is 52.6 Å². The van der Waals surface area contributed by atoms with Gasteiger partial charge in [-0.25, -0.2) is 0 Å².